The second-order valence-corrected chi connectivity index (χ2v) is 6.01. The van der Waals surface area contributed by atoms with Crippen LogP contribution in [-0.4, -0.2) is 16.3 Å². The van der Waals surface area contributed by atoms with E-state index in [4.69, 9.17) is 11.6 Å². The van der Waals surface area contributed by atoms with Gasteiger partial charge in [0, 0.05) is 19.5 Å². The highest BCUT2D eigenvalue weighted by Crippen LogP contribution is 2.26. The van der Waals surface area contributed by atoms with E-state index >= 15 is 0 Å². The number of halogens is 1. The highest BCUT2D eigenvalue weighted by molar-refractivity contribution is 6.31. The molecule has 0 saturated heterocycles. The molecular formula is C17H24ClN3. The molecule has 1 heterocycles. The number of hydrogen-bond donors (Lipinski definition) is 1. The van der Waals surface area contributed by atoms with Crippen LogP contribution in [-0.2, 0) is 13.5 Å². The smallest absolute Gasteiger partial charge is 0.0847 e. The molecule has 0 aliphatic carbocycles. The molecule has 0 amide bonds. The number of rotatable bonds is 5. The Kier molecular flexibility index (Phi) is 5.07. The predicted molar refractivity (Wildman–Crippen MR) is 89.0 cm³/mol. The van der Waals surface area contributed by atoms with Crippen LogP contribution in [0.15, 0.2) is 18.2 Å². The van der Waals surface area contributed by atoms with Crippen molar-refractivity contribution >= 4 is 11.6 Å². The minimum atomic E-state index is 0.251. The van der Waals surface area contributed by atoms with E-state index < -0.39 is 0 Å². The molecule has 0 fully saturated rings. The van der Waals surface area contributed by atoms with E-state index in [2.05, 4.69) is 49.4 Å². The van der Waals surface area contributed by atoms with Crippen LogP contribution < -0.4 is 5.32 Å². The Bertz CT molecular complexity index is 631. The first-order chi connectivity index (χ1) is 9.93. The van der Waals surface area contributed by atoms with Crippen LogP contribution in [0.1, 0.15) is 41.0 Å². The van der Waals surface area contributed by atoms with Crippen LogP contribution in [0.3, 0.4) is 0 Å². The Labute approximate surface area is 132 Å². The topological polar surface area (TPSA) is 29.9 Å². The van der Waals surface area contributed by atoms with Crippen LogP contribution in [0.5, 0.6) is 0 Å². The Hall–Kier alpha value is -1.32. The number of nitrogens with zero attached hydrogens (tertiary/aromatic N) is 2. The van der Waals surface area contributed by atoms with Gasteiger partial charge in [-0.15, -0.1) is 0 Å². The van der Waals surface area contributed by atoms with E-state index in [1.54, 1.807) is 0 Å². The van der Waals surface area contributed by atoms with Crippen LogP contribution in [0.2, 0.25) is 5.02 Å². The summed E-state index contributed by atoms with van der Waals surface area (Å²) in [7, 11) is 1.96. The second kappa shape index (κ2) is 6.63. The maximum Gasteiger partial charge on any atom is 0.0847 e. The molecule has 0 bridgehead atoms. The molecule has 3 nitrogen and oxygen atoms in total. The van der Waals surface area contributed by atoms with Gasteiger partial charge in [-0.2, -0.15) is 5.10 Å². The predicted octanol–water partition coefficient (Wildman–Crippen LogP) is 3.89. The third-order valence-electron chi connectivity index (χ3n) is 4.04. The lowest BCUT2D eigenvalue weighted by Crippen LogP contribution is -2.24. The number of hydrogen-bond acceptors (Lipinski definition) is 2. The number of aryl methyl sites for hydroxylation is 4. The maximum absolute atomic E-state index is 6.39. The Morgan fingerprint density at radius 3 is 2.48 bits per heavy atom. The van der Waals surface area contributed by atoms with E-state index in [1.165, 1.54) is 16.7 Å². The number of likely N-dealkylation sites (N-methyl/N-ethyl adjacent to an activating group) is 1. The average molecular weight is 306 g/mol. The van der Waals surface area contributed by atoms with Gasteiger partial charge in [-0.3, -0.25) is 4.68 Å². The van der Waals surface area contributed by atoms with Crippen molar-refractivity contribution in [2.24, 2.45) is 7.05 Å². The van der Waals surface area contributed by atoms with Gasteiger partial charge in [0.2, 0.25) is 0 Å². The first kappa shape index (κ1) is 16.1. The second-order valence-electron chi connectivity index (χ2n) is 5.63. The Morgan fingerprint density at radius 1 is 1.24 bits per heavy atom. The minimum Gasteiger partial charge on any atom is -0.310 e. The number of nitrogens with one attached hydrogen (secondary N) is 1. The summed E-state index contributed by atoms with van der Waals surface area (Å²) < 4.78 is 1.89. The highest BCUT2D eigenvalue weighted by Gasteiger charge is 2.18. The van der Waals surface area contributed by atoms with Crippen molar-refractivity contribution in [3.05, 3.63) is 51.3 Å². The van der Waals surface area contributed by atoms with Gasteiger partial charge < -0.3 is 5.32 Å². The lowest BCUT2D eigenvalue weighted by molar-refractivity contribution is 0.528. The molecule has 0 aliphatic heterocycles. The third-order valence-corrected chi connectivity index (χ3v) is 4.53. The fourth-order valence-corrected chi connectivity index (χ4v) is 2.87. The molecule has 1 N–H and O–H groups in total. The normalized spacial score (nSPS) is 12.7. The molecule has 114 valence electrons. The zero-order chi connectivity index (χ0) is 15.6. The summed E-state index contributed by atoms with van der Waals surface area (Å²) in [5, 5.41) is 8.75. The van der Waals surface area contributed by atoms with Crippen molar-refractivity contribution in [1.29, 1.82) is 0 Å². The lowest BCUT2D eigenvalue weighted by Gasteiger charge is -2.20. The first-order valence-electron chi connectivity index (χ1n) is 7.42. The van der Waals surface area contributed by atoms with Gasteiger partial charge in [0.1, 0.15) is 0 Å². The molecule has 1 atom stereocenters. The van der Waals surface area contributed by atoms with Crippen molar-refractivity contribution < 1.29 is 0 Å². The molecule has 0 saturated carbocycles. The van der Waals surface area contributed by atoms with E-state index in [-0.39, 0.29) is 6.04 Å². The van der Waals surface area contributed by atoms with Crippen molar-refractivity contribution in [2.45, 2.75) is 40.2 Å². The highest BCUT2D eigenvalue weighted by atomic mass is 35.5. The fourth-order valence-electron chi connectivity index (χ4n) is 2.63. The molecule has 2 rings (SSSR count). The molecule has 0 aliphatic rings. The van der Waals surface area contributed by atoms with Gasteiger partial charge in [0.05, 0.1) is 16.4 Å². The molecule has 0 spiro atoms. The quantitative estimate of drug-likeness (QED) is 0.908. The van der Waals surface area contributed by atoms with E-state index in [0.29, 0.717) is 0 Å². The van der Waals surface area contributed by atoms with E-state index in [0.717, 1.165) is 29.4 Å². The number of benzene rings is 1. The SMILES string of the molecule is CCNC(Cc1c(Cl)c(C)nn1C)c1ccc(C)c(C)c1. The molecule has 1 aromatic heterocycles. The standard InChI is InChI=1S/C17H24ClN3/c1-6-19-15(14-8-7-11(2)12(3)9-14)10-16-17(18)13(4)20-21(16)5/h7-9,15,19H,6,10H2,1-5H3. The van der Waals surface area contributed by atoms with Crippen LogP contribution in [0.25, 0.3) is 0 Å². The van der Waals surface area contributed by atoms with E-state index in [1.807, 2.05) is 18.7 Å². The molecule has 1 aromatic carbocycles. The van der Waals surface area contributed by atoms with Gasteiger partial charge >= 0.3 is 0 Å². The molecule has 0 radical (unpaired) electrons. The first-order valence-corrected chi connectivity index (χ1v) is 7.80. The van der Waals surface area contributed by atoms with Crippen LogP contribution in [0, 0.1) is 20.8 Å². The minimum absolute atomic E-state index is 0.251. The molecule has 1 unspecified atom stereocenters. The van der Waals surface area contributed by atoms with Crippen molar-refractivity contribution in [3.63, 3.8) is 0 Å². The zero-order valence-corrected chi connectivity index (χ0v) is 14.3. The molecule has 2 aromatic rings. The number of aromatic nitrogens is 2. The third kappa shape index (κ3) is 3.47. The Morgan fingerprint density at radius 2 is 1.95 bits per heavy atom. The largest absolute Gasteiger partial charge is 0.310 e. The molecule has 4 heteroatoms. The summed E-state index contributed by atoms with van der Waals surface area (Å²) in [6.07, 6.45) is 0.840. The van der Waals surface area contributed by atoms with Crippen molar-refractivity contribution in [1.82, 2.24) is 15.1 Å². The molecule has 21 heavy (non-hydrogen) atoms. The van der Waals surface area contributed by atoms with Crippen molar-refractivity contribution in [3.8, 4) is 0 Å². The summed E-state index contributed by atoms with van der Waals surface area (Å²) in [6.45, 7) is 9.30. The van der Waals surface area contributed by atoms with E-state index in [9.17, 15) is 0 Å². The van der Waals surface area contributed by atoms with Gasteiger partial charge in [-0.05, 0) is 44.0 Å². The summed E-state index contributed by atoms with van der Waals surface area (Å²) in [5.41, 5.74) is 5.92. The molecular weight excluding hydrogens is 282 g/mol. The zero-order valence-electron chi connectivity index (χ0n) is 13.5. The van der Waals surface area contributed by atoms with Gasteiger partial charge in [-0.1, -0.05) is 36.7 Å². The van der Waals surface area contributed by atoms with Gasteiger partial charge in [0.15, 0.2) is 0 Å². The lowest BCUT2D eigenvalue weighted by atomic mass is 9.97. The fraction of sp³-hybridized carbons (Fsp3) is 0.471. The van der Waals surface area contributed by atoms with Crippen LogP contribution >= 0.6 is 11.6 Å². The van der Waals surface area contributed by atoms with Gasteiger partial charge in [-0.25, -0.2) is 0 Å². The van der Waals surface area contributed by atoms with Gasteiger partial charge in [0.25, 0.3) is 0 Å². The Balaban J connectivity index is 2.32. The average Bonchev–Trinajstić information content (AvgIpc) is 2.68. The summed E-state index contributed by atoms with van der Waals surface area (Å²) in [5.74, 6) is 0. The summed E-state index contributed by atoms with van der Waals surface area (Å²) in [4.78, 5) is 0. The summed E-state index contributed by atoms with van der Waals surface area (Å²) >= 11 is 6.39. The maximum atomic E-state index is 6.39. The summed E-state index contributed by atoms with van der Waals surface area (Å²) in [6, 6.07) is 6.90. The van der Waals surface area contributed by atoms with Crippen molar-refractivity contribution in [2.75, 3.05) is 6.54 Å². The monoisotopic (exact) mass is 305 g/mol. The van der Waals surface area contributed by atoms with Crippen LogP contribution in [0.4, 0.5) is 0 Å².